The van der Waals surface area contributed by atoms with Crippen LogP contribution in [0.15, 0.2) is 42.5 Å². The number of aryl methyl sites for hydroxylation is 2. The molecule has 2 rings (SSSR count). The molecule has 0 aliphatic carbocycles. The first-order chi connectivity index (χ1) is 9.54. The van der Waals surface area contributed by atoms with Gasteiger partial charge in [-0.2, -0.15) is 0 Å². The van der Waals surface area contributed by atoms with Gasteiger partial charge in [0.25, 0.3) is 0 Å². The van der Waals surface area contributed by atoms with Crippen molar-refractivity contribution in [3.8, 4) is 0 Å². The Labute approximate surface area is 120 Å². The number of hydrogen-bond acceptors (Lipinski definition) is 3. The molecule has 20 heavy (non-hydrogen) atoms. The fraction of sp³-hybridized carbons (Fsp3) is 0.250. The molecule has 0 bridgehead atoms. The summed E-state index contributed by atoms with van der Waals surface area (Å²) < 4.78 is 0. The Balaban J connectivity index is 1.89. The third-order valence-corrected chi connectivity index (χ3v) is 3.22. The molecule has 3 nitrogen and oxygen atoms in total. The molecule has 0 radical (unpaired) electrons. The number of benzene rings is 2. The van der Waals surface area contributed by atoms with Gasteiger partial charge in [0.1, 0.15) is 0 Å². The summed E-state index contributed by atoms with van der Waals surface area (Å²) in [6.45, 7) is 5.80. The second-order valence-electron chi connectivity index (χ2n) is 5.21. The summed E-state index contributed by atoms with van der Waals surface area (Å²) in [7, 11) is -1.40. The van der Waals surface area contributed by atoms with Gasteiger partial charge >= 0.3 is 7.12 Å². The van der Waals surface area contributed by atoms with E-state index in [1.807, 2.05) is 12.1 Å². The standard InChI is InChI=1S/C16H20BNO2/c1-12-7-13(2)9-15(8-12)11-18-10-14-3-5-16(6-4-14)17(19)20/h3-9,18-20H,10-11H2,1-2H3. The highest BCUT2D eigenvalue weighted by molar-refractivity contribution is 6.58. The average molecular weight is 269 g/mol. The number of hydrogen-bond donors (Lipinski definition) is 3. The number of rotatable bonds is 5. The van der Waals surface area contributed by atoms with Gasteiger partial charge in [0.2, 0.25) is 0 Å². The molecule has 104 valence electrons. The van der Waals surface area contributed by atoms with E-state index in [9.17, 15) is 0 Å². The third kappa shape index (κ3) is 4.20. The van der Waals surface area contributed by atoms with Crippen molar-refractivity contribution in [3.05, 3.63) is 64.7 Å². The summed E-state index contributed by atoms with van der Waals surface area (Å²) in [5.74, 6) is 0. The molecule has 0 heterocycles. The highest BCUT2D eigenvalue weighted by Crippen LogP contribution is 2.08. The SMILES string of the molecule is Cc1cc(C)cc(CNCc2ccc(B(O)O)cc2)c1. The molecule has 0 atom stereocenters. The zero-order valence-corrected chi connectivity index (χ0v) is 11.9. The van der Waals surface area contributed by atoms with Gasteiger partial charge in [0.05, 0.1) is 0 Å². The molecule has 4 heteroatoms. The van der Waals surface area contributed by atoms with E-state index in [1.54, 1.807) is 12.1 Å². The van der Waals surface area contributed by atoms with Gasteiger partial charge in [-0.1, -0.05) is 53.6 Å². The predicted molar refractivity (Wildman–Crippen MR) is 82.7 cm³/mol. The minimum atomic E-state index is -1.40. The first kappa shape index (κ1) is 14.8. The molecule has 0 saturated heterocycles. The van der Waals surface area contributed by atoms with E-state index in [1.165, 1.54) is 16.7 Å². The van der Waals surface area contributed by atoms with Crippen molar-refractivity contribution in [2.45, 2.75) is 26.9 Å². The van der Waals surface area contributed by atoms with Crippen molar-refractivity contribution >= 4 is 12.6 Å². The van der Waals surface area contributed by atoms with E-state index in [0.29, 0.717) is 5.46 Å². The van der Waals surface area contributed by atoms with Gasteiger partial charge in [-0.25, -0.2) is 0 Å². The average Bonchev–Trinajstić information content (AvgIpc) is 2.38. The fourth-order valence-corrected chi connectivity index (χ4v) is 2.33. The highest BCUT2D eigenvalue weighted by atomic mass is 16.4. The van der Waals surface area contributed by atoms with Crippen molar-refractivity contribution in [3.63, 3.8) is 0 Å². The molecule has 0 aromatic heterocycles. The molecule has 2 aromatic carbocycles. The van der Waals surface area contributed by atoms with E-state index in [0.717, 1.165) is 18.7 Å². The van der Waals surface area contributed by atoms with Gasteiger partial charge < -0.3 is 15.4 Å². The maximum Gasteiger partial charge on any atom is 0.488 e. The van der Waals surface area contributed by atoms with Crippen LogP contribution < -0.4 is 10.8 Å². The lowest BCUT2D eigenvalue weighted by Gasteiger charge is -2.08. The van der Waals surface area contributed by atoms with Crippen molar-refractivity contribution < 1.29 is 10.0 Å². The molecule has 0 aliphatic rings. The van der Waals surface area contributed by atoms with Crippen molar-refractivity contribution in [1.29, 1.82) is 0 Å². The van der Waals surface area contributed by atoms with Gasteiger partial charge in [-0.05, 0) is 30.4 Å². The maximum absolute atomic E-state index is 9.03. The molecule has 0 aliphatic heterocycles. The monoisotopic (exact) mass is 269 g/mol. The molecule has 0 amide bonds. The van der Waals surface area contributed by atoms with Gasteiger partial charge in [0, 0.05) is 13.1 Å². The van der Waals surface area contributed by atoms with Crippen LogP contribution in [0.1, 0.15) is 22.3 Å². The summed E-state index contributed by atoms with van der Waals surface area (Å²) in [6.07, 6.45) is 0. The topological polar surface area (TPSA) is 52.5 Å². The number of nitrogens with one attached hydrogen (secondary N) is 1. The Morgan fingerprint density at radius 3 is 1.95 bits per heavy atom. The molecule has 0 spiro atoms. The van der Waals surface area contributed by atoms with Crippen LogP contribution in [0.25, 0.3) is 0 Å². The lowest BCUT2D eigenvalue weighted by Crippen LogP contribution is -2.29. The van der Waals surface area contributed by atoms with Crippen LogP contribution in [-0.2, 0) is 13.1 Å². The third-order valence-electron chi connectivity index (χ3n) is 3.22. The Hall–Kier alpha value is -1.62. The smallest absolute Gasteiger partial charge is 0.423 e. The zero-order valence-electron chi connectivity index (χ0n) is 11.9. The molecule has 3 N–H and O–H groups in total. The molecule has 0 unspecified atom stereocenters. The summed E-state index contributed by atoms with van der Waals surface area (Å²) in [5.41, 5.74) is 5.48. The molecule has 0 fully saturated rings. The summed E-state index contributed by atoms with van der Waals surface area (Å²) in [6, 6.07) is 13.8. The normalized spacial score (nSPS) is 10.6. The highest BCUT2D eigenvalue weighted by Gasteiger charge is 2.09. The first-order valence-electron chi connectivity index (χ1n) is 6.77. The zero-order chi connectivity index (χ0) is 14.5. The van der Waals surface area contributed by atoms with E-state index in [2.05, 4.69) is 37.4 Å². The first-order valence-corrected chi connectivity index (χ1v) is 6.77. The largest absolute Gasteiger partial charge is 0.488 e. The molecular formula is C16H20BNO2. The van der Waals surface area contributed by atoms with Crippen LogP contribution in [0, 0.1) is 13.8 Å². The minimum absolute atomic E-state index is 0.517. The van der Waals surface area contributed by atoms with E-state index in [4.69, 9.17) is 10.0 Å². The summed E-state index contributed by atoms with van der Waals surface area (Å²) in [5, 5.41) is 21.5. The Morgan fingerprint density at radius 2 is 1.40 bits per heavy atom. The van der Waals surface area contributed by atoms with Crippen molar-refractivity contribution in [2.24, 2.45) is 0 Å². The van der Waals surface area contributed by atoms with E-state index < -0.39 is 7.12 Å². The lowest BCUT2D eigenvalue weighted by atomic mass is 9.80. The van der Waals surface area contributed by atoms with Crippen LogP contribution in [0.2, 0.25) is 0 Å². The van der Waals surface area contributed by atoms with Crippen LogP contribution in [0.4, 0.5) is 0 Å². The molecule has 2 aromatic rings. The Bertz CT molecular complexity index is 547. The van der Waals surface area contributed by atoms with Crippen LogP contribution in [0.5, 0.6) is 0 Å². The van der Waals surface area contributed by atoms with Crippen LogP contribution in [-0.4, -0.2) is 17.2 Å². The summed E-state index contributed by atoms with van der Waals surface area (Å²) in [4.78, 5) is 0. The van der Waals surface area contributed by atoms with Crippen molar-refractivity contribution in [2.75, 3.05) is 0 Å². The molecule has 0 saturated carbocycles. The Morgan fingerprint density at radius 1 is 0.850 bits per heavy atom. The van der Waals surface area contributed by atoms with Crippen LogP contribution in [0.3, 0.4) is 0 Å². The molecular weight excluding hydrogens is 249 g/mol. The predicted octanol–water partition coefficient (Wildman–Crippen LogP) is 1.27. The van der Waals surface area contributed by atoms with Crippen molar-refractivity contribution in [1.82, 2.24) is 5.32 Å². The Kier molecular flexibility index (Phi) is 4.96. The lowest BCUT2D eigenvalue weighted by molar-refractivity contribution is 0.426. The van der Waals surface area contributed by atoms with Crippen LogP contribution >= 0.6 is 0 Å². The summed E-state index contributed by atoms with van der Waals surface area (Å²) >= 11 is 0. The fourth-order valence-electron chi connectivity index (χ4n) is 2.33. The maximum atomic E-state index is 9.03. The second-order valence-corrected chi connectivity index (χ2v) is 5.21. The van der Waals surface area contributed by atoms with E-state index in [-0.39, 0.29) is 0 Å². The van der Waals surface area contributed by atoms with Gasteiger partial charge in [-0.3, -0.25) is 0 Å². The quantitative estimate of drug-likeness (QED) is 0.716. The van der Waals surface area contributed by atoms with E-state index >= 15 is 0 Å². The van der Waals surface area contributed by atoms with Gasteiger partial charge in [0.15, 0.2) is 0 Å². The second kappa shape index (κ2) is 6.70. The van der Waals surface area contributed by atoms with Gasteiger partial charge in [-0.15, -0.1) is 0 Å². The minimum Gasteiger partial charge on any atom is -0.423 e.